The molecule has 5 nitrogen and oxygen atoms in total. The van der Waals surface area contributed by atoms with E-state index in [1.54, 1.807) is 12.5 Å². The van der Waals surface area contributed by atoms with Crippen molar-refractivity contribution in [2.45, 2.75) is 9.24 Å². The van der Waals surface area contributed by atoms with Crippen molar-refractivity contribution >= 4 is 52.7 Å². The number of anilines is 1. The molecule has 1 heterocycles. The molecule has 0 aliphatic rings. The monoisotopic (exact) mass is 375 g/mol. The highest BCUT2D eigenvalue weighted by atomic mass is 32.2. The topological polar surface area (TPSA) is 71.1 Å². The number of thioether (sulfide) groups is 2. The van der Waals surface area contributed by atoms with Crippen LogP contribution >= 0.6 is 35.1 Å². The van der Waals surface area contributed by atoms with Crippen molar-refractivity contribution in [2.24, 2.45) is 0 Å². The molecule has 122 valence electrons. The molecule has 2 rings (SSSR count). The molecule has 0 aliphatic heterocycles. The van der Waals surface area contributed by atoms with Crippen molar-refractivity contribution in [3.05, 3.63) is 35.4 Å². The van der Waals surface area contributed by atoms with Crippen LogP contribution < -0.4 is 10.6 Å². The van der Waals surface area contributed by atoms with Gasteiger partial charge in [-0.05, 0) is 36.2 Å². The fourth-order valence-electron chi connectivity index (χ4n) is 1.64. The average molecular weight is 375 g/mol. The van der Waals surface area contributed by atoms with E-state index in [2.05, 4.69) is 15.0 Å². The van der Waals surface area contributed by atoms with E-state index in [1.807, 2.05) is 0 Å². The van der Waals surface area contributed by atoms with Gasteiger partial charge < -0.3 is 5.32 Å². The van der Waals surface area contributed by atoms with Crippen molar-refractivity contribution < 1.29 is 18.4 Å². The van der Waals surface area contributed by atoms with Crippen LogP contribution in [-0.4, -0.2) is 28.8 Å². The van der Waals surface area contributed by atoms with E-state index in [0.717, 1.165) is 23.7 Å². The first-order valence-electron chi connectivity index (χ1n) is 6.11. The summed E-state index contributed by atoms with van der Waals surface area (Å²) in [4.78, 5) is 24.0. The summed E-state index contributed by atoms with van der Waals surface area (Å²) in [6, 6.07) is 1.80. The Morgan fingerprint density at radius 3 is 2.57 bits per heavy atom. The number of imide groups is 1. The molecule has 0 saturated carbocycles. The molecule has 3 amide bonds. The maximum Gasteiger partial charge on any atom is 0.326 e. The molecular weight excluding hydrogens is 364 g/mol. The third kappa shape index (κ3) is 4.21. The number of hydrogen-bond acceptors (Lipinski definition) is 6. The minimum Gasteiger partial charge on any atom is -0.305 e. The Hall–Kier alpha value is -1.65. The molecule has 0 saturated heterocycles. The number of nitrogens with one attached hydrogen (secondary N) is 2. The Balaban J connectivity index is 2.11. The second-order valence-corrected chi connectivity index (χ2v) is 6.73. The smallest absolute Gasteiger partial charge is 0.305 e. The number of rotatable bonds is 4. The molecule has 2 N–H and O–H groups in total. The Morgan fingerprint density at radius 2 is 1.96 bits per heavy atom. The van der Waals surface area contributed by atoms with Crippen molar-refractivity contribution in [3.63, 3.8) is 0 Å². The van der Waals surface area contributed by atoms with Gasteiger partial charge in [0, 0.05) is 6.07 Å². The first-order chi connectivity index (χ1) is 11.0. The lowest BCUT2D eigenvalue weighted by molar-refractivity contribution is 0.0961. The fourth-order valence-corrected chi connectivity index (χ4v) is 3.92. The van der Waals surface area contributed by atoms with Gasteiger partial charge in [-0.2, -0.15) is 4.37 Å². The number of benzene rings is 1. The summed E-state index contributed by atoms with van der Waals surface area (Å²) in [6.07, 6.45) is 3.56. The Morgan fingerprint density at radius 1 is 1.22 bits per heavy atom. The highest BCUT2D eigenvalue weighted by Crippen LogP contribution is 2.32. The normalized spacial score (nSPS) is 10.4. The predicted molar refractivity (Wildman–Crippen MR) is 88.5 cm³/mol. The van der Waals surface area contributed by atoms with Gasteiger partial charge in [-0.25, -0.2) is 13.6 Å². The summed E-state index contributed by atoms with van der Waals surface area (Å²) < 4.78 is 31.1. The SMILES string of the molecule is CSc1nsc(SC)c1C(=O)NC(=O)Nc1ccc(F)cc1F. The summed E-state index contributed by atoms with van der Waals surface area (Å²) in [5, 5.41) is 4.79. The zero-order chi connectivity index (χ0) is 17.0. The lowest BCUT2D eigenvalue weighted by Crippen LogP contribution is -2.34. The van der Waals surface area contributed by atoms with Gasteiger partial charge >= 0.3 is 6.03 Å². The zero-order valence-electron chi connectivity index (χ0n) is 12.0. The van der Waals surface area contributed by atoms with Gasteiger partial charge in [0.1, 0.15) is 16.7 Å². The third-order valence-electron chi connectivity index (χ3n) is 2.64. The van der Waals surface area contributed by atoms with Crippen LogP contribution in [0.15, 0.2) is 27.4 Å². The Labute approximate surface area is 143 Å². The molecule has 0 radical (unpaired) electrons. The van der Waals surface area contributed by atoms with Crippen LogP contribution in [0.25, 0.3) is 0 Å². The number of carbonyl (C=O) groups excluding carboxylic acids is 2. The lowest BCUT2D eigenvalue weighted by Gasteiger charge is -2.08. The summed E-state index contributed by atoms with van der Waals surface area (Å²) in [6.45, 7) is 0. The van der Waals surface area contributed by atoms with Gasteiger partial charge in [-0.1, -0.05) is 0 Å². The van der Waals surface area contributed by atoms with Crippen LogP contribution in [-0.2, 0) is 0 Å². The number of nitrogens with zero attached hydrogens (tertiary/aromatic N) is 1. The van der Waals surface area contributed by atoms with E-state index >= 15 is 0 Å². The van der Waals surface area contributed by atoms with Crippen LogP contribution in [0.1, 0.15) is 10.4 Å². The van der Waals surface area contributed by atoms with Gasteiger partial charge in [-0.15, -0.1) is 23.5 Å². The number of halogens is 2. The van der Waals surface area contributed by atoms with E-state index in [0.29, 0.717) is 20.9 Å². The summed E-state index contributed by atoms with van der Waals surface area (Å²) in [5.74, 6) is -2.32. The third-order valence-corrected chi connectivity index (χ3v) is 5.38. The van der Waals surface area contributed by atoms with E-state index in [4.69, 9.17) is 0 Å². The molecular formula is C13H11F2N3O2S3. The molecule has 10 heteroatoms. The summed E-state index contributed by atoms with van der Waals surface area (Å²) >= 11 is 3.79. The van der Waals surface area contributed by atoms with Crippen LogP contribution in [0.3, 0.4) is 0 Å². The van der Waals surface area contributed by atoms with Crippen LogP contribution in [0, 0.1) is 11.6 Å². The first kappa shape index (κ1) is 17.7. The van der Waals surface area contributed by atoms with Crippen LogP contribution in [0.2, 0.25) is 0 Å². The predicted octanol–water partition coefficient (Wildman–Crippen LogP) is 3.83. The first-order valence-corrected chi connectivity index (χ1v) is 9.33. The van der Waals surface area contributed by atoms with E-state index < -0.39 is 23.6 Å². The van der Waals surface area contributed by atoms with E-state index in [1.165, 1.54) is 23.5 Å². The van der Waals surface area contributed by atoms with Crippen molar-refractivity contribution in [1.82, 2.24) is 9.69 Å². The standard InChI is InChI=1S/C13H11F2N3O2S3/c1-21-11-9(12(22-2)23-18-11)10(19)17-13(20)16-8-4-3-6(14)5-7(8)15/h3-5H,1-2H3,(H2,16,17,19,20). The fraction of sp³-hybridized carbons (Fsp3) is 0.154. The minimum atomic E-state index is -0.931. The van der Waals surface area contributed by atoms with Crippen molar-refractivity contribution in [2.75, 3.05) is 17.8 Å². The molecule has 0 atom stereocenters. The lowest BCUT2D eigenvalue weighted by atomic mass is 10.3. The second kappa shape index (κ2) is 7.75. The molecule has 0 bridgehead atoms. The van der Waals surface area contributed by atoms with Gasteiger partial charge in [-0.3, -0.25) is 10.1 Å². The maximum atomic E-state index is 13.5. The number of aromatic nitrogens is 1. The Kier molecular flexibility index (Phi) is 5.97. The molecule has 0 unspecified atom stereocenters. The summed E-state index contributed by atoms with van der Waals surface area (Å²) in [5.41, 5.74) is 0.0834. The van der Waals surface area contributed by atoms with Crippen molar-refractivity contribution in [1.29, 1.82) is 0 Å². The van der Waals surface area contributed by atoms with Gasteiger partial charge in [0.05, 0.1) is 15.5 Å². The molecule has 23 heavy (non-hydrogen) atoms. The minimum absolute atomic E-state index is 0.227. The second-order valence-electron chi connectivity index (χ2n) is 4.09. The van der Waals surface area contributed by atoms with Gasteiger partial charge in [0.2, 0.25) is 0 Å². The van der Waals surface area contributed by atoms with E-state index in [-0.39, 0.29) is 5.69 Å². The quantitative estimate of drug-likeness (QED) is 0.795. The Bertz CT molecular complexity index is 731. The maximum absolute atomic E-state index is 13.5. The molecule has 0 spiro atoms. The van der Waals surface area contributed by atoms with Crippen molar-refractivity contribution in [3.8, 4) is 0 Å². The molecule has 0 fully saturated rings. The highest BCUT2D eigenvalue weighted by molar-refractivity contribution is 8.01. The number of amides is 3. The van der Waals surface area contributed by atoms with Crippen LogP contribution in [0.4, 0.5) is 19.3 Å². The number of carbonyl (C=O) groups is 2. The zero-order valence-corrected chi connectivity index (χ0v) is 14.4. The molecule has 0 aliphatic carbocycles. The molecule has 1 aromatic carbocycles. The molecule has 2 aromatic rings. The van der Waals surface area contributed by atoms with E-state index in [9.17, 15) is 18.4 Å². The largest absolute Gasteiger partial charge is 0.326 e. The van der Waals surface area contributed by atoms with Gasteiger partial charge in [0.15, 0.2) is 0 Å². The highest BCUT2D eigenvalue weighted by Gasteiger charge is 2.22. The number of hydrogen-bond donors (Lipinski definition) is 2. The summed E-state index contributed by atoms with van der Waals surface area (Å²) in [7, 11) is 0. The number of urea groups is 1. The van der Waals surface area contributed by atoms with Gasteiger partial charge in [0.25, 0.3) is 5.91 Å². The van der Waals surface area contributed by atoms with Crippen LogP contribution in [0.5, 0.6) is 0 Å². The average Bonchev–Trinajstić information content (AvgIpc) is 2.93. The molecule has 1 aromatic heterocycles.